The second-order valence-corrected chi connectivity index (χ2v) is 8.96. The Labute approximate surface area is 205 Å². The highest BCUT2D eigenvalue weighted by Gasteiger charge is 2.29. The van der Waals surface area contributed by atoms with Gasteiger partial charge in [-0.05, 0) is 49.2 Å². The summed E-state index contributed by atoms with van der Waals surface area (Å²) in [5.74, 6) is 0.185. The van der Waals surface area contributed by atoms with Crippen molar-refractivity contribution >= 4 is 33.5 Å². The van der Waals surface area contributed by atoms with E-state index >= 15 is 0 Å². The number of carbonyl (C=O) groups is 1. The Kier molecular flexibility index (Phi) is 4.60. The molecule has 1 saturated carbocycles. The number of aromatic nitrogens is 7. The lowest BCUT2D eigenvalue weighted by Crippen LogP contribution is -2.13. The number of rotatable bonds is 5. The van der Waals surface area contributed by atoms with E-state index in [2.05, 4.69) is 46.5 Å². The van der Waals surface area contributed by atoms with Crippen LogP contribution in [0.15, 0.2) is 73.6 Å². The molecule has 9 nitrogen and oxygen atoms in total. The quantitative estimate of drug-likeness (QED) is 0.325. The molecule has 7 rings (SSSR count). The molecule has 0 saturated heterocycles. The van der Waals surface area contributed by atoms with Crippen molar-refractivity contribution in [2.75, 3.05) is 5.32 Å². The van der Waals surface area contributed by atoms with Gasteiger partial charge in [0.05, 0.1) is 23.3 Å². The van der Waals surface area contributed by atoms with Gasteiger partial charge in [-0.2, -0.15) is 5.10 Å². The lowest BCUT2D eigenvalue weighted by molar-refractivity contribution is -0.117. The fourth-order valence-electron chi connectivity index (χ4n) is 4.44. The van der Waals surface area contributed by atoms with E-state index in [1.54, 1.807) is 37.2 Å². The number of nitrogens with one attached hydrogen (secondary N) is 3. The molecule has 0 unspecified atom stereocenters. The number of aromatic amines is 2. The summed E-state index contributed by atoms with van der Waals surface area (Å²) >= 11 is 0. The number of fused-ring (bicyclic) bond motifs is 2. The van der Waals surface area contributed by atoms with E-state index in [0.29, 0.717) is 11.3 Å². The number of amides is 1. The zero-order valence-electron chi connectivity index (χ0n) is 19.1. The normalized spacial score (nSPS) is 13.3. The molecule has 36 heavy (non-hydrogen) atoms. The van der Waals surface area contributed by atoms with Crippen LogP contribution in [-0.2, 0) is 4.79 Å². The highest BCUT2D eigenvalue weighted by molar-refractivity contribution is 6.00. The molecular weight excluding hydrogens is 452 g/mol. The lowest BCUT2D eigenvalue weighted by atomic mass is 10.1. The molecule has 0 atom stereocenters. The van der Waals surface area contributed by atoms with Gasteiger partial charge in [0.1, 0.15) is 5.69 Å². The molecule has 6 aromatic heterocycles. The number of nitrogens with zero attached hydrogens (tertiary/aromatic N) is 5. The van der Waals surface area contributed by atoms with Gasteiger partial charge < -0.3 is 10.3 Å². The third-order valence-corrected chi connectivity index (χ3v) is 6.46. The minimum atomic E-state index is 0.0547. The molecule has 1 fully saturated rings. The van der Waals surface area contributed by atoms with Gasteiger partial charge in [-0.3, -0.25) is 24.8 Å². The molecule has 0 bridgehead atoms. The van der Waals surface area contributed by atoms with Gasteiger partial charge in [0.25, 0.3) is 0 Å². The predicted octanol–water partition coefficient (Wildman–Crippen LogP) is 4.97. The van der Waals surface area contributed by atoms with Crippen LogP contribution in [0.3, 0.4) is 0 Å². The van der Waals surface area contributed by atoms with Gasteiger partial charge >= 0.3 is 0 Å². The first-order valence-corrected chi connectivity index (χ1v) is 11.7. The lowest BCUT2D eigenvalue weighted by Gasteiger charge is -2.07. The Morgan fingerprint density at radius 1 is 0.833 bits per heavy atom. The molecule has 9 heteroatoms. The van der Waals surface area contributed by atoms with Gasteiger partial charge in [-0.15, -0.1) is 0 Å². The van der Waals surface area contributed by atoms with Crippen molar-refractivity contribution in [1.82, 2.24) is 35.1 Å². The van der Waals surface area contributed by atoms with E-state index in [1.165, 1.54) is 0 Å². The minimum Gasteiger partial charge on any atom is -0.353 e. The monoisotopic (exact) mass is 472 g/mol. The molecule has 6 heterocycles. The molecule has 0 spiro atoms. The highest BCUT2D eigenvalue weighted by Crippen LogP contribution is 2.34. The number of H-pyrrole nitrogens is 2. The second kappa shape index (κ2) is 8.09. The van der Waals surface area contributed by atoms with Crippen molar-refractivity contribution in [2.24, 2.45) is 5.92 Å². The van der Waals surface area contributed by atoms with Crippen molar-refractivity contribution in [3.63, 3.8) is 0 Å². The average Bonchev–Trinajstić information content (AvgIpc) is 3.55. The molecule has 0 radical (unpaired) electrons. The highest BCUT2D eigenvalue weighted by atomic mass is 16.2. The summed E-state index contributed by atoms with van der Waals surface area (Å²) in [4.78, 5) is 33.3. The zero-order valence-corrected chi connectivity index (χ0v) is 19.1. The first kappa shape index (κ1) is 20.5. The Hall–Kier alpha value is -4.92. The van der Waals surface area contributed by atoms with Gasteiger partial charge in [0, 0.05) is 69.9 Å². The second-order valence-electron chi connectivity index (χ2n) is 8.96. The largest absolute Gasteiger partial charge is 0.353 e. The molecule has 0 aromatic carbocycles. The summed E-state index contributed by atoms with van der Waals surface area (Å²) < 4.78 is 0. The fraction of sp³-hybridized carbons (Fsp3) is 0.111. The van der Waals surface area contributed by atoms with E-state index in [1.807, 2.05) is 30.3 Å². The van der Waals surface area contributed by atoms with E-state index < -0.39 is 0 Å². The van der Waals surface area contributed by atoms with Gasteiger partial charge in [-0.25, -0.2) is 4.98 Å². The first-order chi connectivity index (χ1) is 17.7. The van der Waals surface area contributed by atoms with Crippen molar-refractivity contribution in [2.45, 2.75) is 12.8 Å². The van der Waals surface area contributed by atoms with Crippen LogP contribution < -0.4 is 5.32 Å². The Morgan fingerprint density at radius 2 is 1.69 bits per heavy atom. The van der Waals surface area contributed by atoms with Gasteiger partial charge in [0.15, 0.2) is 5.65 Å². The topological polar surface area (TPSA) is 125 Å². The van der Waals surface area contributed by atoms with E-state index in [0.717, 1.165) is 62.9 Å². The van der Waals surface area contributed by atoms with Gasteiger partial charge in [-0.1, -0.05) is 0 Å². The van der Waals surface area contributed by atoms with Crippen LogP contribution in [0.25, 0.3) is 55.7 Å². The summed E-state index contributed by atoms with van der Waals surface area (Å²) in [6, 6.07) is 11.9. The molecule has 1 amide bonds. The Balaban J connectivity index is 1.28. The number of anilines is 1. The molecular formula is C27H20N8O. The molecule has 6 aromatic rings. The maximum Gasteiger partial charge on any atom is 0.227 e. The zero-order chi connectivity index (χ0) is 24.1. The number of carbonyl (C=O) groups excluding carboxylic acids is 1. The Bertz CT molecular complexity index is 1750. The maximum absolute atomic E-state index is 12.2. The van der Waals surface area contributed by atoms with Crippen molar-refractivity contribution in [3.8, 4) is 33.8 Å². The number of hydrogen-bond donors (Lipinski definition) is 3. The predicted molar refractivity (Wildman–Crippen MR) is 137 cm³/mol. The standard InChI is InChI=1S/C27H20N8O/c36-27(16-1-2-16)32-19-9-17(12-29-14-19)18-10-21-25(34-35-26(21)31-13-18)23-11-20-22(33-23)5-8-30-24(20)15-3-6-28-7-4-15/h3-14,16,33H,1-2H2,(H,32,36)(H,31,34,35). The van der Waals surface area contributed by atoms with Crippen LogP contribution in [0.1, 0.15) is 12.8 Å². The molecule has 1 aliphatic carbocycles. The van der Waals surface area contributed by atoms with E-state index in [9.17, 15) is 4.79 Å². The minimum absolute atomic E-state index is 0.0547. The van der Waals surface area contributed by atoms with Crippen LogP contribution in [-0.4, -0.2) is 41.0 Å². The third-order valence-electron chi connectivity index (χ3n) is 6.46. The third kappa shape index (κ3) is 3.58. The summed E-state index contributed by atoms with van der Waals surface area (Å²) in [5, 5.41) is 12.4. The molecule has 0 aliphatic heterocycles. The molecule has 3 N–H and O–H groups in total. The van der Waals surface area contributed by atoms with Crippen molar-refractivity contribution < 1.29 is 4.79 Å². The van der Waals surface area contributed by atoms with Crippen LogP contribution in [0.4, 0.5) is 5.69 Å². The van der Waals surface area contributed by atoms with Crippen molar-refractivity contribution in [1.29, 1.82) is 0 Å². The summed E-state index contributed by atoms with van der Waals surface area (Å²) in [6.45, 7) is 0. The molecule has 174 valence electrons. The van der Waals surface area contributed by atoms with E-state index in [4.69, 9.17) is 0 Å². The van der Waals surface area contributed by atoms with E-state index in [-0.39, 0.29) is 11.8 Å². The fourth-order valence-corrected chi connectivity index (χ4v) is 4.44. The number of pyridine rings is 4. The SMILES string of the molecule is O=C(Nc1cncc(-c2cnc3[nH]nc(-c4cc5c(-c6ccncc6)nccc5[nH]4)c3c2)c1)C1CC1. The van der Waals surface area contributed by atoms with Crippen LogP contribution in [0, 0.1) is 5.92 Å². The van der Waals surface area contributed by atoms with Crippen molar-refractivity contribution in [3.05, 3.63) is 73.6 Å². The average molecular weight is 473 g/mol. The molecule has 1 aliphatic rings. The maximum atomic E-state index is 12.2. The van der Waals surface area contributed by atoms with Crippen LogP contribution in [0.5, 0.6) is 0 Å². The van der Waals surface area contributed by atoms with Gasteiger partial charge in [0.2, 0.25) is 5.91 Å². The summed E-state index contributed by atoms with van der Waals surface area (Å²) in [6.07, 6.45) is 12.4. The van der Waals surface area contributed by atoms with Crippen LogP contribution >= 0.6 is 0 Å². The summed E-state index contributed by atoms with van der Waals surface area (Å²) in [7, 11) is 0. The number of hydrogen-bond acceptors (Lipinski definition) is 6. The smallest absolute Gasteiger partial charge is 0.227 e. The Morgan fingerprint density at radius 3 is 2.56 bits per heavy atom. The summed E-state index contributed by atoms with van der Waals surface area (Å²) in [5.41, 5.74) is 7.60. The van der Waals surface area contributed by atoms with Crippen LogP contribution in [0.2, 0.25) is 0 Å². The first-order valence-electron chi connectivity index (χ1n) is 11.7.